The van der Waals surface area contributed by atoms with Crippen molar-refractivity contribution in [2.45, 2.75) is 32.0 Å². The van der Waals surface area contributed by atoms with E-state index in [0.29, 0.717) is 0 Å². The van der Waals surface area contributed by atoms with Crippen molar-refractivity contribution in [1.82, 2.24) is 10.2 Å². The highest BCUT2D eigenvalue weighted by atomic mass is 35.5. The normalized spacial score (nSPS) is 21.0. The largest absolute Gasteiger partial charge is 0.317 e. The van der Waals surface area contributed by atoms with E-state index in [1.54, 1.807) is 0 Å². The molecule has 0 amide bonds. The van der Waals surface area contributed by atoms with Crippen LogP contribution in [0.5, 0.6) is 0 Å². The van der Waals surface area contributed by atoms with Crippen LogP contribution in [-0.4, -0.2) is 24.0 Å². The van der Waals surface area contributed by atoms with Crippen molar-refractivity contribution in [2.75, 3.05) is 13.1 Å². The number of nitrogens with zero attached hydrogens (tertiary/aromatic N) is 1. The molecule has 0 aliphatic carbocycles. The van der Waals surface area contributed by atoms with Gasteiger partial charge >= 0.3 is 0 Å². The number of rotatable bonds is 1. The average Bonchev–Trinajstić information content (AvgIpc) is 2.73. The molecule has 1 aromatic carbocycles. The summed E-state index contributed by atoms with van der Waals surface area (Å²) in [5.74, 6) is 0. The lowest BCUT2D eigenvalue weighted by molar-refractivity contribution is 0.163. The Morgan fingerprint density at radius 3 is 2.59 bits per heavy atom. The van der Waals surface area contributed by atoms with E-state index in [4.69, 9.17) is 11.6 Å². The SMILES string of the molecule is Cl.Clc1ccc2c(c1)CN(C1CCNCC1)C2. The number of halogens is 2. The van der Waals surface area contributed by atoms with Crippen LogP contribution in [0.2, 0.25) is 5.02 Å². The van der Waals surface area contributed by atoms with Crippen LogP contribution in [0, 0.1) is 0 Å². The monoisotopic (exact) mass is 272 g/mol. The minimum atomic E-state index is 0. The third kappa shape index (κ3) is 2.76. The lowest BCUT2D eigenvalue weighted by atomic mass is 10.1. The van der Waals surface area contributed by atoms with Crippen molar-refractivity contribution in [2.24, 2.45) is 0 Å². The topological polar surface area (TPSA) is 15.3 Å². The maximum atomic E-state index is 6.03. The van der Waals surface area contributed by atoms with Crippen LogP contribution in [0.3, 0.4) is 0 Å². The van der Waals surface area contributed by atoms with Gasteiger partial charge in [0.1, 0.15) is 0 Å². The molecule has 17 heavy (non-hydrogen) atoms. The Balaban J connectivity index is 0.00000108. The quantitative estimate of drug-likeness (QED) is 0.846. The maximum absolute atomic E-state index is 6.03. The van der Waals surface area contributed by atoms with Gasteiger partial charge in [0.2, 0.25) is 0 Å². The molecule has 1 saturated heterocycles. The number of piperidine rings is 1. The van der Waals surface area contributed by atoms with Gasteiger partial charge < -0.3 is 5.32 Å². The zero-order valence-corrected chi connectivity index (χ0v) is 11.4. The van der Waals surface area contributed by atoms with E-state index >= 15 is 0 Å². The van der Waals surface area contributed by atoms with Crippen molar-refractivity contribution >= 4 is 24.0 Å². The molecular weight excluding hydrogens is 255 g/mol. The van der Waals surface area contributed by atoms with Crippen LogP contribution in [0.15, 0.2) is 18.2 Å². The van der Waals surface area contributed by atoms with Crippen LogP contribution in [0.25, 0.3) is 0 Å². The second-order valence-electron chi connectivity index (χ2n) is 4.80. The van der Waals surface area contributed by atoms with E-state index in [1.807, 2.05) is 6.07 Å². The molecule has 0 unspecified atom stereocenters. The summed E-state index contributed by atoms with van der Waals surface area (Å²) in [5, 5.41) is 4.29. The smallest absolute Gasteiger partial charge is 0.0409 e. The first-order chi connectivity index (χ1) is 7.83. The van der Waals surface area contributed by atoms with Gasteiger partial charge in [-0.2, -0.15) is 0 Å². The summed E-state index contributed by atoms with van der Waals surface area (Å²) in [5.41, 5.74) is 2.88. The average molecular weight is 273 g/mol. The summed E-state index contributed by atoms with van der Waals surface area (Å²) < 4.78 is 0. The van der Waals surface area contributed by atoms with E-state index in [0.717, 1.165) is 37.2 Å². The first-order valence-electron chi connectivity index (χ1n) is 6.05. The number of fused-ring (bicyclic) bond motifs is 1. The first kappa shape index (κ1) is 13.2. The predicted molar refractivity (Wildman–Crippen MR) is 73.8 cm³/mol. The van der Waals surface area contributed by atoms with Gasteiger partial charge in [0, 0.05) is 24.2 Å². The summed E-state index contributed by atoms with van der Waals surface area (Å²) in [6.07, 6.45) is 2.56. The van der Waals surface area contributed by atoms with E-state index < -0.39 is 0 Å². The molecule has 2 aliphatic rings. The predicted octanol–water partition coefficient (Wildman–Crippen LogP) is 2.83. The zero-order valence-electron chi connectivity index (χ0n) is 9.79. The molecule has 2 aliphatic heterocycles. The van der Waals surface area contributed by atoms with Crippen molar-refractivity contribution in [1.29, 1.82) is 0 Å². The molecule has 0 saturated carbocycles. The first-order valence-corrected chi connectivity index (χ1v) is 6.43. The molecule has 4 heteroatoms. The minimum absolute atomic E-state index is 0. The highest BCUT2D eigenvalue weighted by molar-refractivity contribution is 6.30. The second-order valence-corrected chi connectivity index (χ2v) is 5.24. The van der Waals surface area contributed by atoms with Gasteiger partial charge in [0.25, 0.3) is 0 Å². The molecule has 0 atom stereocenters. The second kappa shape index (κ2) is 5.57. The zero-order chi connectivity index (χ0) is 11.0. The molecule has 0 aromatic heterocycles. The van der Waals surface area contributed by atoms with Gasteiger partial charge in [-0.25, -0.2) is 0 Å². The highest BCUT2D eigenvalue weighted by Gasteiger charge is 2.26. The fourth-order valence-corrected chi connectivity index (χ4v) is 3.01. The number of nitrogens with one attached hydrogen (secondary N) is 1. The van der Waals surface area contributed by atoms with E-state index in [-0.39, 0.29) is 12.4 Å². The Labute approximate surface area is 114 Å². The van der Waals surface area contributed by atoms with Gasteiger partial charge in [-0.15, -0.1) is 12.4 Å². The Morgan fingerprint density at radius 2 is 1.82 bits per heavy atom. The van der Waals surface area contributed by atoms with Gasteiger partial charge in [-0.3, -0.25) is 4.90 Å². The minimum Gasteiger partial charge on any atom is -0.317 e. The standard InChI is InChI=1S/C13H17ClN2.ClH/c14-12-2-1-10-8-16(9-11(10)7-12)13-3-5-15-6-4-13;/h1-2,7,13,15H,3-6,8-9H2;1H. The lowest BCUT2D eigenvalue weighted by Crippen LogP contribution is -2.40. The van der Waals surface area contributed by atoms with Crippen molar-refractivity contribution in [3.05, 3.63) is 34.3 Å². The Bertz CT molecular complexity index is 389. The molecule has 0 spiro atoms. The van der Waals surface area contributed by atoms with Gasteiger partial charge in [-0.05, 0) is 49.2 Å². The molecule has 0 bridgehead atoms. The molecule has 1 fully saturated rings. The molecule has 2 heterocycles. The lowest BCUT2D eigenvalue weighted by Gasteiger charge is -2.31. The van der Waals surface area contributed by atoms with Gasteiger partial charge in [0.15, 0.2) is 0 Å². The maximum Gasteiger partial charge on any atom is 0.0409 e. The summed E-state index contributed by atoms with van der Waals surface area (Å²) >= 11 is 6.03. The van der Waals surface area contributed by atoms with Crippen LogP contribution in [0.4, 0.5) is 0 Å². The summed E-state index contributed by atoms with van der Waals surface area (Å²) in [6, 6.07) is 7.07. The molecule has 1 aromatic rings. The fraction of sp³-hybridized carbons (Fsp3) is 0.538. The fourth-order valence-electron chi connectivity index (χ4n) is 2.82. The van der Waals surface area contributed by atoms with Crippen molar-refractivity contribution in [3.8, 4) is 0 Å². The van der Waals surface area contributed by atoms with E-state index in [1.165, 1.54) is 24.0 Å². The van der Waals surface area contributed by atoms with Crippen LogP contribution >= 0.6 is 24.0 Å². The van der Waals surface area contributed by atoms with Crippen molar-refractivity contribution < 1.29 is 0 Å². The Morgan fingerprint density at radius 1 is 1.12 bits per heavy atom. The molecule has 3 rings (SSSR count). The number of hydrogen-bond donors (Lipinski definition) is 1. The molecular formula is C13H18Cl2N2. The van der Waals surface area contributed by atoms with Crippen LogP contribution in [0.1, 0.15) is 24.0 Å². The molecule has 0 radical (unpaired) electrons. The Hall–Kier alpha value is -0.280. The third-order valence-electron chi connectivity index (χ3n) is 3.74. The summed E-state index contributed by atoms with van der Waals surface area (Å²) in [7, 11) is 0. The summed E-state index contributed by atoms with van der Waals surface area (Å²) in [4.78, 5) is 2.60. The van der Waals surface area contributed by atoms with Gasteiger partial charge in [0.05, 0.1) is 0 Å². The third-order valence-corrected chi connectivity index (χ3v) is 3.98. The molecule has 1 N–H and O–H groups in total. The van der Waals surface area contributed by atoms with Crippen LogP contribution < -0.4 is 5.32 Å². The van der Waals surface area contributed by atoms with E-state index in [2.05, 4.69) is 22.3 Å². The van der Waals surface area contributed by atoms with Gasteiger partial charge in [-0.1, -0.05) is 17.7 Å². The van der Waals surface area contributed by atoms with E-state index in [9.17, 15) is 0 Å². The molecule has 94 valence electrons. The van der Waals surface area contributed by atoms with Crippen molar-refractivity contribution in [3.63, 3.8) is 0 Å². The number of hydrogen-bond acceptors (Lipinski definition) is 2. The Kier molecular flexibility index (Phi) is 4.31. The number of benzene rings is 1. The molecule has 2 nitrogen and oxygen atoms in total. The summed E-state index contributed by atoms with van der Waals surface area (Å²) in [6.45, 7) is 4.52. The highest BCUT2D eigenvalue weighted by Crippen LogP contribution is 2.29. The van der Waals surface area contributed by atoms with Crippen LogP contribution in [-0.2, 0) is 13.1 Å².